The predicted octanol–water partition coefficient (Wildman–Crippen LogP) is 6.80. The van der Waals surface area contributed by atoms with E-state index in [9.17, 15) is 0 Å². The third kappa shape index (κ3) is 11.3. The second kappa shape index (κ2) is 17.3. The first kappa shape index (κ1) is 25.5. The predicted molar refractivity (Wildman–Crippen MR) is 129 cm³/mol. The molecule has 0 bridgehead atoms. The summed E-state index contributed by atoms with van der Waals surface area (Å²) in [7, 11) is 0. The van der Waals surface area contributed by atoms with Gasteiger partial charge in [0.1, 0.15) is 12.0 Å². The summed E-state index contributed by atoms with van der Waals surface area (Å²) in [5.41, 5.74) is 6.93. The molecule has 0 aliphatic heterocycles. The van der Waals surface area contributed by atoms with E-state index in [0.29, 0.717) is 5.69 Å². The minimum Gasteiger partial charge on any atom is -0.393 e. The van der Waals surface area contributed by atoms with Crippen LogP contribution in [0.2, 0.25) is 0 Å². The van der Waals surface area contributed by atoms with Crippen LogP contribution in [0.4, 0.5) is 17.3 Å². The van der Waals surface area contributed by atoms with Crippen LogP contribution < -0.4 is 16.0 Å². The van der Waals surface area contributed by atoms with Crippen LogP contribution in [0.1, 0.15) is 111 Å². The average molecular weight is 406 g/mol. The van der Waals surface area contributed by atoms with Crippen LogP contribution in [0.25, 0.3) is 0 Å². The van der Waals surface area contributed by atoms with E-state index < -0.39 is 0 Å². The van der Waals surface area contributed by atoms with E-state index in [0.717, 1.165) is 31.3 Å². The quantitative estimate of drug-likeness (QED) is 0.248. The Labute approximate surface area is 180 Å². The van der Waals surface area contributed by atoms with Crippen LogP contribution >= 0.6 is 0 Å². The van der Waals surface area contributed by atoms with E-state index >= 15 is 0 Å². The van der Waals surface area contributed by atoms with Gasteiger partial charge in [-0.3, -0.25) is 0 Å². The van der Waals surface area contributed by atoms with Gasteiger partial charge in [-0.25, -0.2) is 9.97 Å². The highest BCUT2D eigenvalue weighted by Crippen LogP contribution is 2.25. The van der Waals surface area contributed by atoms with Crippen molar-refractivity contribution in [1.82, 2.24) is 9.97 Å². The number of anilines is 3. The molecule has 0 fully saturated rings. The smallest absolute Gasteiger partial charge is 0.157 e. The first-order valence-electron chi connectivity index (χ1n) is 12.3. The van der Waals surface area contributed by atoms with Crippen LogP contribution in [-0.4, -0.2) is 29.6 Å². The second-order valence-electron chi connectivity index (χ2n) is 8.15. The topological polar surface area (TPSA) is 67.1 Å². The van der Waals surface area contributed by atoms with Gasteiger partial charge in [0.2, 0.25) is 0 Å². The third-order valence-corrected chi connectivity index (χ3v) is 5.75. The monoisotopic (exact) mass is 405 g/mol. The van der Waals surface area contributed by atoms with Crippen LogP contribution in [0.15, 0.2) is 6.33 Å². The van der Waals surface area contributed by atoms with Crippen molar-refractivity contribution in [3.8, 4) is 0 Å². The summed E-state index contributed by atoms with van der Waals surface area (Å²) in [5.74, 6) is 1.62. The van der Waals surface area contributed by atoms with E-state index in [2.05, 4.69) is 41.0 Å². The summed E-state index contributed by atoms with van der Waals surface area (Å²) < 4.78 is 0. The molecule has 0 aromatic carbocycles. The van der Waals surface area contributed by atoms with E-state index in [4.69, 9.17) is 5.73 Å². The number of nitrogens with zero attached hydrogens (tertiary/aromatic N) is 3. The summed E-state index contributed by atoms with van der Waals surface area (Å²) >= 11 is 0. The number of nitrogens with one attached hydrogen (secondary N) is 1. The Balaban J connectivity index is 2.01. The van der Waals surface area contributed by atoms with E-state index in [1.165, 1.54) is 89.9 Å². The molecule has 0 saturated heterocycles. The largest absolute Gasteiger partial charge is 0.393 e. The molecule has 0 atom stereocenters. The van der Waals surface area contributed by atoms with Crippen molar-refractivity contribution in [2.45, 2.75) is 111 Å². The van der Waals surface area contributed by atoms with Gasteiger partial charge in [0.15, 0.2) is 11.6 Å². The Morgan fingerprint density at radius 3 is 1.69 bits per heavy atom. The Morgan fingerprint density at radius 1 is 0.724 bits per heavy atom. The summed E-state index contributed by atoms with van der Waals surface area (Å²) in [5, 5.41) is 3.40. The number of hydrogen-bond donors (Lipinski definition) is 2. The van der Waals surface area contributed by atoms with Crippen molar-refractivity contribution in [2.75, 3.05) is 35.6 Å². The van der Waals surface area contributed by atoms with Crippen molar-refractivity contribution < 1.29 is 0 Å². The maximum Gasteiger partial charge on any atom is 0.157 e. The van der Waals surface area contributed by atoms with Gasteiger partial charge in [-0.1, -0.05) is 90.4 Å². The Kier molecular flexibility index (Phi) is 15.3. The fourth-order valence-electron chi connectivity index (χ4n) is 3.83. The highest BCUT2D eigenvalue weighted by atomic mass is 15.2. The SMILES string of the molecule is CCCCCCCCCCCCCCCCNc1ncnc(N(CC)CC)c1N. The fourth-order valence-corrected chi connectivity index (χ4v) is 3.83. The third-order valence-electron chi connectivity index (χ3n) is 5.75. The number of unbranched alkanes of at least 4 members (excludes halogenated alkanes) is 13. The van der Waals surface area contributed by atoms with Crippen molar-refractivity contribution in [3.63, 3.8) is 0 Å². The number of rotatable bonds is 19. The summed E-state index contributed by atoms with van der Waals surface area (Å²) in [6, 6.07) is 0. The lowest BCUT2D eigenvalue weighted by molar-refractivity contribution is 0.537. The normalized spacial score (nSPS) is 11.0. The minimum atomic E-state index is 0.668. The zero-order chi connectivity index (χ0) is 21.2. The second-order valence-corrected chi connectivity index (χ2v) is 8.15. The van der Waals surface area contributed by atoms with Crippen LogP contribution in [-0.2, 0) is 0 Å². The lowest BCUT2D eigenvalue weighted by Crippen LogP contribution is -2.24. The molecule has 3 N–H and O–H groups in total. The molecule has 0 spiro atoms. The number of nitrogen functional groups attached to an aromatic ring is 1. The lowest BCUT2D eigenvalue weighted by Gasteiger charge is -2.22. The van der Waals surface area contributed by atoms with Gasteiger partial charge < -0.3 is 16.0 Å². The highest BCUT2D eigenvalue weighted by Gasteiger charge is 2.12. The number of nitrogens with two attached hydrogens (primary N) is 1. The van der Waals surface area contributed by atoms with Crippen LogP contribution in [0.3, 0.4) is 0 Å². The molecule has 168 valence electrons. The van der Waals surface area contributed by atoms with Gasteiger partial charge in [-0.15, -0.1) is 0 Å². The molecule has 29 heavy (non-hydrogen) atoms. The van der Waals surface area contributed by atoms with Gasteiger partial charge in [-0.05, 0) is 20.3 Å². The molecule has 0 aliphatic carbocycles. The molecule has 5 nitrogen and oxygen atoms in total. The van der Waals surface area contributed by atoms with Crippen molar-refractivity contribution in [2.24, 2.45) is 0 Å². The molecule has 0 amide bonds. The molecule has 1 aromatic heterocycles. The van der Waals surface area contributed by atoms with Gasteiger partial charge in [-0.2, -0.15) is 0 Å². The van der Waals surface area contributed by atoms with Gasteiger partial charge in [0.25, 0.3) is 0 Å². The molecule has 0 saturated carbocycles. The van der Waals surface area contributed by atoms with Gasteiger partial charge >= 0.3 is 0 Å². The van der Waals surface area contributed by atoms with Crippen molar-refractivity contribution in [3.05, 3.63) is 6.33 Å². The van der Waals surface area contributed by atoms with Crippen molar-refractivity contribution in [1.29, 1.82) is 0 Å². The molecule has 5 heteroatoms. The molecule has 0 radical (unpaired) electrons. The number of hydrogen-bond acceptors (Lipinski definition) is 5. The van der Waals surface area contributed by atoms with Gasteiger partial charge in [0.05, 0.1) is 0 Å². The van der Waals surface area contributed by atoms with E-state index in [1.54, 1.807) is 6.33 Å². The maximum absolute atomic E-state index is 6.27. The lowest BCUT2D eigenvalue weighted by atomic mass is 10.0. The molecule has 1 aromatic rings. The fraction of sp³-hybridized carbons (Fsp3) is 0.833. The first-order chi connectivity index (χ1) is 14.2. The summed E-state index contributed by atoms with van der Waals surface area (Å²) in [4.78, 5) is 10.8. The Hall–Kier alpha value is -1.52. The standard InChI is InChI=1S/C24H47N5/c1-4-7-8-9-10-11-12-13-14-15-16-17-18-19-20-26-23-22(25)24(28-21-27-23)29(5-2)6-3/h21H,4-20,25H2,1-3H3,(H,26,27,28). The molecule has 0 aliphatic rings. The first-order valence-corrected chi connectivity index (χ1v) is 12.3. The molecule has 1 rings (SSSR count). The minimum absolute atomic E-state index is 0.668. The van der Waals surface area contributed by atoms with E-state index in [1.807, 2.05) is 0 Å². The van der Waals surface area contributed by atoms with E-state index in [-0.39, 0.29) is 0 Å². The van der Waals surface area contributed by atoms with Gasteiger partial charge in [0, 0.05) is 19.6 Å². The average Bonchev–Trinajstić information content (AvgIpc) is 2.74. The van der Waals surface area contributed by atoms with Crippen LogP contribution in [0.5, 0.6) is 0 Å². The van der Waals surface area contributed by atoms with Crippen LogP contribution in [0, 0.1) is 0 Å². The molecule has 1 heterocycles. The summed E-state index contributed by atoms with van der Waals surface area (Å²) in [6.07, 6.45) is 21.0. The number of aromatic nitrogens is 2. The zero-order valence-corrected chi connectivity index (χ0v) is 19.5. The molecular weight excluding hydrogens is 358 g/mol. The maximum atomic E-state index is 6.27. The molecule has 0 unspecified atom stereocenters. The highest BCUT2D eigenvalue weighted by molar-refractivity contribution is 5.74. The Bertz CT molecular complexity index is 502. The Morgan fingerprint density at radius 2 is 1.21 bits per heavy atom. The van der Waals surface area contributed by atoms with Crippen molar-refractivity contribution >= 4 is 17.3 Å². The molecular formula is C24H47N5. The summed E-state index contributed by atoms with van der Waals surface area (Å²) in [6.45, 7) is 9.25. The zero-order valence-electron chi connectivity index (χ0n) is 19.5.